The van der Waals surface area contributed by atoms with Gasteiger partial charge in [-0.3, -0.25) is 0 Å². The van der Waals surface area contributed by atoms with Crippen LogP contribution in [0.1, 0.15) is 0 Å². The highest BCUT2D eigenvalue weighted by molar-refractivity contribution is 6.12. The van der Waals surface area contributed by atoms with Crippen molar-refractivity contribution in [2.45, 2.75) is 0 Å². The molecule has 4 nitrogen and oxygen atoms in total. The second-order valence-electron chi connectivity index (χ2n) is 12.6. The second kappa shape index (κ2) is 11.4. The molecule has 10 rings (SSSR count). The van der Waals surface area contributed by atoms with Gasteiger partial charge in [-0.15, -0.1) is 0 Å². The Hall–Kier alpha value is -6.78. The van der Waals surface area contributed by atoms with Gasteiger partial charge in [0.05, 0.1) is 11.0 Å². The molecule has 0 N–H and O–H groups in total. The Morgan fingerprint density at radius 2 is 1.00 bits per heavy atom. The van der Waals surface area contributed by atoms with Crippen LogP contribution in [0.4, 0.5) is 0 Å². The van der Waals surface area contributed by atoms with E-state index in [0.717, 1.165) is 50.1 Å². The summed E-state index contributed by atoms with van der Waals surface area (Å²) in [4.78, 5) is 10.1. The van der Waals surface area contributed by atoms with Crippen molar-refractivity contribution in [3.8, 4) is 50.6 Å². The topological polar surface area (TPSA) is 43.9 Å². The molecule has 10 aromatic rings. The largest absolute Gasteiger partial charge is 0.452 e. The normalized spacial score (nSPS) is 11.6. The molecule has 234 valence electrons. The van der Waals surface area contributed by atoms with Crippen LogP contribution in [0, 0.1) is 0 Å². The van der Waals surface area contributed by atoms with Gasteiger partial charge in [0.1, 0.15) is 16.8 Å². The molecule has 50 heavy (non-hydrogen) atoms. The Kier molecular flexibility index (Phi) is 6.46. The summed E-state index contributed by atoms with van der Waals surface area (Å²) in [5.41, 5.74) is 13.2. The van der Waals surface area contributed by atoms with Gasteiger partial charge >= 0.3 is 0 Å². The molecule has 0 aliphatic heterocycles. The maximum atomic E-state index is 6.51. The van der Waals surface area contributed by atoms with Gasteiger partial charge in [0.25, 0.3) is 0 Å². The lowest BCUT2D eigenvalue weighted by Crippen LogP contribution is -1.94. The fraction of sp³-hybridized carbons (Fsp3) is 0. The maximum Gasteiger partial charge on any atom is 0.180 e. The number of rotatable bonds is 5. The monoisotopic (exact) mass is 639 g/mol. The van der Waals surface area contributed by atoms with Crippen LogP contribution in [0.3, 0.4) is 0 Å². The van der Waals surface area contributed by atoms with Crippen LogP contribution in [0.5, 0.6) is 0 Å². The van der Waals surface area contributed by atoms with E-state index >= 15 is 0 Å². The minimum absolute atomic E-state index is 0.676. The predicted molar refractivity (Wildman–Crippen MR) is 205 cm³/mol. The Morgan fingerprint density at radius 1 is 0.400 bits per heavy atom. The van der Waals surface area contributed by atoms with Gasteiger partial charge < -0.3 is 8.98 Å². The van der Waals surface area contributed by atoms with Crippen LogP contribution in [0.15, 0.2) is 180 Å². The summed E-state index contributed by atoms with van der Waals surface area (Å²) in [5, 5.41) is 3.40. The van der Waals surface area contributed by atoms with Gasteiger partial charge in [-0.2, -0.15) is 0 Å². The number of fused-ring (bicyclic) bond motifs is 6. The lowest BCUT2D eigenvalue weighted by atomic mass is 10.0. The summed E-state index contributed by atoms with van der Waals surface area (Å²) in [6.07, 6.45) is 0. The first-order valence-corrected chi connectivity index (χ1v) is 16.8. The van der Waals surface area contributed by atoms with Crippen molar-refractivity contribution in [3.63, 3.8) is 0 Å². The van der Waals surface area contributed by atoms with Crippen molar-refractivity contribution in [2.75, 3.05) is 0 Å². The molecule has 0 saturated heterocycles. The van der Waals surface area contributed by atoms with Crippen molar-refractivity contribution in [3.05, 3.63) is 176 Å². The lowest BCUT2D eigenvalue weighted by molar-refractivity contribution is 0.667. The Balaban J connectivity index is 1.15. The SMILES string of the molecule is c1ccc(-c2cccc(-n3c4ccccc4c4cc(-c5ccc6oc7c(-c8ccccc8)nc(-c8ccccc8)nc7c6c5)ccc43)c2)cc1. The number of furan rings is 1. The van der Waals surface area contributed by atoms with Crippen LogP contribution in [-0.4, -0.2) is 14.5 Å². The molecule has 0 unspecified atom stereocenters. The first kappa shape index (κ1) is 28.3. The van der Waals surface area contributed by atoms with Gasteiger partial charge in [0.15, 0.2) is 11.4 Å². The van der Waals surface area contributed by atoms with Crippen molar-refractivity contribution in [1.29, 1.82) is 0 Å². The third-order valence-electron chi connectivity index (χ3n) is 9.61. The third-order valence-corrected chi connectivity index (χ3v) is 9.61. The number of hydrogen-bond acceptors (Lipinski definition) is 3. The Labute approximate surface area is 288 Å². The number of nitrogens with zero attached hydrogens (tertiary/aromatic N) is 3. The van der Waals surface area contributed by atoms with Crippen molar-refractivity contribution < 1.29 is 4.42 Å². The highest BCUT2D eigenvalue weighted by Crippen LogP contribution is 2.39. The van der Waals surface area contributed by atoms with E-state index in [0.29, 0.717) is 11.4 Å². The van der Waals surface area contributed by atoms with E-state index in [9.17, 15) is 0 Å². The fourth-order valence-corrected chi connectivity index (χ4v) is 7.22. The van der Waals surface area contributed by atoms with Crippen molar-refractivity contribution >= 4 is 43.9 Å². The molecule has 0 aliphatic rings. The summed E-state index contributed by atoms with van der Waals surface area (Å²) >= 11 is 0. The standard InChI is InChI=1S/C46H29N3O/c1-4-13-30(14-5-1)33-19-12-20-36(27-33)49-40-22-11-10-21-37(40)38-28-34(23-25-41(38)49)35-24-26-42-39(29-35)44-45(50-42)43(31-15-6-2-7-16-31)47-46(48-44)32-17-8-3-9-18-32/h1-29H. The molecule has 4 heteroatoms. The smallest absolute Gasteiger partial charge is 0.180 e. The van der Waals surface area contributed by atoms with Crippen molar-refractivity contribution in [1.82, 2.24) is 14.5 Å². The summed E-state index contributed by atoms with van der Waals surface area (Å²) in [5.74, 6) is 0.676. The van der Waals surface area contributed by atoms with E-state index in [1.807, 2.05) is 48.5 Å². The van der Waals surface area contributed by atoms with Gasteiger partial charge in [-0.1, -0.05) is 133 Å². The number of aromatic nitrogens is 3. The molecule has 3 aromatic heterocycles. The molecule has 0 bridgehead atoms. The van der Waals surface area contributed by atoms with Crippen LogP contribution in [-0.2, 0) is 0 Å². The van der Waals surface area contributed by atoms with E-state index in [4.69, 9.17) is 14.4 Å². The summed E-state index contributed by atoms with van der Waals surface area (Å²) < 4.78 is 8.89. The van der Waals surface area contributed by atoms with Crippen LogP contribution >= 0.6 is 0 Å². The molecule has 0 amide bonds. The average Bonchev–Trinajstić information content (AvgIpc) is 3.73. The summed E-state index contributed by atoms with van der Waals surface area (Å²) in [6.45, 7) is 0. The van der Waals surface area contributed by atoms with E-state index in [-0.39, 0.29) is 0 Å². The molecule has 0 fully saturated rings. The molecule has 0 atom stereocenters. The van der Waals surface area contributed by atoms with Gasteiger partial charge in [-0.05, 0) is 64.7 Å². The zero-order valence-electron chi connectivity index (χ0n) is 27.0. The second-order valence-corrected chi connectivity index (χ2v) is 12.6. The fourth-order valence-electron chi connectivity index (χ4n) is 7.22. The molecule has 0 radical (unpaired) electrons. The Bertz CT molecular complexity index is 2850. The molecular weight excluding hydrogens is 611 g/mol. The Morgan fingerprint density at radius 3 is 1.78 bits per heavy atom. The molecule has 0 saturated carbocycles. The highest BCUT2D eigenvalue weighted by atomic mass is 16.3. The van der Waals surface area contributed by atoms with Crippen LogP contribution < -0.4 is 0 Å². The lowest BCUT2D eigenvalue weighted by Gasteiger charge is -2.11. The molecule has 0 spiro atoms. The molecular formula is C46H29N3O. The average molecular weight is 640 g/mol. The van der Waals surface area contributed by atoms with Gasteiger partial charge in [-0.25, -0.2) is 9.97 Å². The van der Waals surface area contributed by atoms with E-state index in [1.54, 1.807) is 0 Å². The molecule has 3 heterocycles. The number of hydrogen-bond donors (Lipinski definition) is 0. The first-order chi connectivity index (χ1) is 24.8. The number of para-hydroxylation sites is 1. The van der Waals surface area contributed by atoms with Gasteiger partial charge in [0.2, 0.25) is 0 Å². The quantitative estimate of drug-likeness (QED) is 0.188. The zero-order chi connectivity index (χ0) is 33.0. The predicted octanol–water partition coefficient (Wildman–Crippen LogP) is 12.1. The van der Waals surface area contributed by atoms with Crippen molar-refractivity contribution in [2.24, 2.45) is 0 Å². The first-order valence-electron chi connectivity index (χ1n) is 16.8. The van der Waals surface area contributed by atoms with E-state index in [1.165, 1.54) is 32.9 Å². The molecule has 0 aliphatic carbocycles. The van der Waals surface area contributed by atoms with E-state index < -0.39 is 0 Å². The minimum atomic E-state index is 0.676. The van der Waals surface area contributed by atoms with E-state index in [2.05, 4.69) is 132 Å². The minimum Gasteiger partial charge on any atom is -0.452 e. The van der Waals surface area contributed by atoms with Crippen LogP contribution in [0.25, 0.3) is 94.5 Å². The number of benzene rings is 7. The zero-order valence-corrected chi connectivity index (χ0v) is 27.0. The summed E-state index contributed by atoms with van der Waals surface area (Å²) in [6, 6.07) is 61.6. The molecule has 7 aromatic carbocycles. The van der Waals surface area contributed by atoms with Crippen LogP contribution in [0.2, 0.25) is 0 Å². The van der Waals surface area contributed by atoms with Gasteiger partial charge in [0, 0.05) is 33.0 Å². The third kappa shape index (κ3) is 4.61. The summed E-state index contributed by atoms with van der Waals surface area (Å²) in [7, 11) is 0. The highest BCUT2D eigenvalue weighted by Gasteiger charge is 2.19. The maximum absolute atomic E-state index is 6.51.